The molecular formula is C31H39N5O4. The largest absolute Gasteiger partial charge is 0.444 e. The number of amides is 2. The summed E-state index contributed by atoms with van der Waals surface area (Å²) in [5, 5.41) is 4.10. The van der Waals surface area contributed by atoms with E-state index in [4.69, 9.17) is 14.5 Å². The Morgan fingerprint density at radius 1 is 1.07 bits per heavy atom. The minimum absolute atomic E-state index is 0.0947. The lowest BCUT2D eigenvalue weighted by Crippen LogP contribution is -2.57. The molecule has 40 heavy (non-hydrogen) atoms. The fourth-order valence-corrected chi connectivity index (χ4v) is 5.61. The van der Waals surface area contributed by atoms with E-state index in [0.29, 0.717) is 31.7 Å². The summed E-state index contributed by atoms with van der Waals surface area (Å²) < 4.78 is 15.7. The van der Waals surface area contributed by atoms with Crippen LogP contribution in [0.1, 0.15) is 51.4 Å². The lowest BCUT2D eigenvalue weighted by atomic mass is 10.0. The molecule has 0 radical (unpaired) electrons. The molecule has 0 bridgehead atoms. The number of fused-ring (bicyclic) bond motifs is 2. The van der Waals surface area contributed by atoms with Crippen molar-refractivity contribution in [2.45, 2.75) is 65.3 Å². The number of imidazole rings is 1. The second kappa shape index (κ2) is 11.0. The van der Waals surface area contributed by atoms with E-state index in [1.54, 1.807) is 4.90 Å². The van der Waals surface area contributed by atoms with Crippen molar-refractivity contribution in [3.05, 3.63) is 54.1 Å². The Kier molecular flexibility index (Phi) is 7.59. The van der Waals surface area contributed by atoms with E-state index in [9.17, 15) is 9.59 Å². The molecule has 2 aromatic heterocycles. The average molecular weight is 546 g/mol. The lowest BCUT2D eigenvalue weighted by molar-refractivity contribution is -0.0135. The number of aromatic nitrogens is 3. The number of para-hydroxylation sites is 1. The Labute approximate surface area is 235 Å². The minimum Gasteiger partial charge on any atom is -0.444 e. The summed E-state index contributed by atoms with van der Waals surface area (Å²) in [6.07, 6.45) is -0.0754. The normalized spacial score (nSPS) is 17.9. The summed E-state index contributed by atoms with van der Waals surface area (Å²) in [5.41, 5.74) is 3.90. The first-order valence-corrected chi connectivity index (χ1v) is 14.0. The van der Waals surface area contributed by atoms with Gasteiger partial charge in [-0.05, 0) is 71.4 Å². The maximum atomic E-state index is 13.7. The standard InChI is InChI=1S/C31H39N5O4/c1-7-36-24-12-10-9-11-20(24)18-26(36)28-32-22-17-21(13-14-25(22)34(28)6)29(37)35-16-15-27(39-8-2)23(19-35)33-30(38)40-31(3,4)5/h9-14,17-18,23,27H,7-8,15-16,19H2,1-6H3,(H,33,38)/t23-,27+/m1/s1. The second-order valence-electron chi connectivity index (χ2n) is 11.3. The summed E-state index contributed by atoms with van der Waals surface area (Å²) in [6, 6.07) is 15.8. The van der Waals surface area contributed by atoms with Gasteiger partial charge in [0.1, 0.15) is 5.60 Å². The van der Waals surface area contributed by atoms with Gasteiger partial charge in [0.2, 0.25) is 0 Å². The van der Waals surface area contributed by atoms with Crippen LogP contribution in [0.3, 0.4) is 0 Å². The van der Waals surface area contributed by atoms with Gasteiger partial charge in [-0.25, -0.2) is 9.78 Å². The number of hydrogen-bond donors (Lipinski definition) is 1. The first kappa shape index (κ1) is 27.7. The molecular weight excluding hydrogens is 506 g/mol. The van der Waals surface area contributed by atoms with Crippen molar-refractivity contribution in [3.8, 4) is 11.5 Å². The Hall–Kier alpha value is -3.85. The third kappa shape index (κ3) is 5.43. The van der Waals surface area contributed by atoms with Gasteiger partial charge in [-0.15, -0.1) is 0 Å². The van der Waals surface area contributed by atoms with Crippen LogP contribution in [-0.2, 0) is 23.1 Å². The topological polar surface area (TPSA) is 90.6 Å². The van der Waals surface area contributed by atoms with Crippen LogP contribution in [0.2, 0.25) is 0 Å². The summed E-state index contributed by atoms with van der Waals surface area (Å²) in [7, 11) is 2.01. The molecule has 0 saturated carbocycles. The fourth-order valence-electron chi connectivity index (χ4n) is 5.61. The van der Waals surface area contributed by atoms with Gasteiger partial charge in [0, 0.05) is 49.8 Å². The molecule has 5 rings (SSSR count). The van der Waals surface area contributed by atoms with E-state index >= 15 is 0 Å². The van der Waals surface area contributed by atoms with E-state index in [1.807, 2.05) is 59.0 Å². The maximum absolute atomic E-state index is 13.7. The highest BCUT2D eigenvalue weighted by atomic mass is 16.6. The molecule has 0 unspecified atom stereocenters. The Bertz CT molecular complexity index is 1550. The van der Waals surface area contributed by atoms with Crippen molar-refractivity contribution in [2.24, 2.45) is 7.05 Å². The van der Waals surface area contributed by atoms with Crippen molar-refractivity contribution in [1.82, 2.24) is 24.3 Å². The van der Waals surface area contributed by atoms with Crippen LogP contribution in [0.4, 0.5) is 4.79 Å². The van der Waals surface area contributed by atoms with Crippen molar-refractivity contribution >= 4 is 33.9 Å². The van der Waals surface area contributed by atoms with E-state index in [2.05, 4.69) is 45.6 Å². The molecule has 2 atom stereocenters. The van der Waals surface area contributed by atoms with Crippen LogP contribution in [0.5, 0.6) is 0 Å². The summed E-state index contributed by atoms with van der Waals surface area (Å²) >= 11 is 0. The Morgan fingerprint density at radius 3 is 2.58 bits per heavy atom. The van der Waals surface area contributed by atoms with Crippen molar-refractivity contribution in [3.63, 3.8) is 0 Å². The van der Waals surface area contributed by atoms with Gasteiger partial charge >= 0.3 is 6.09 Å². The van der Waals surface area contributed by atoms with Gasteiger partial charge in [0.05, 0.1) is 28.9 Å². The average Bonchev–Trinajstić information content (AvgIpc) is 3.45. The number of carbonyl (C=O) groups is 2. The monoisotopic (exact) mass is 545 g/mol. The van der Waals surface area contributed by atoms with Gasteiger partial charge in [-0.2, -0.15) is 0 Å². The molecule has 1 saturated heterocycles. The lowest BCUT2D eigenvalue weighted by Gasteiger charge is -2.38. The predicted octanol–water partition coefficient (Wildman–Crippen LogP) is 5.36. The summed E-state index contributed by atoms with van der Waals surface area (Å²) in [6.45, 7) is 11.8. The van der Waals surface area contributed by atoms with Crippen LogP contribution >= 0.6 is 0 Å². The molecule has 3 heterocycles. The number of aryl methyl sites for hydroxylation is 2. The molecule has 9 heteroatoms. The Balaban J connectivity index is 1.40. The summed E-state index contributed by atoms with van der Waals surface area (Å²) in [4.78, 5) is 32.9. The number of rotatable bonds is 6. The van der Waals surface area contributed by atoms with Gasteiger partial charge in [-0.3, -0.25) is 4.79 Å². The number of nitrogens with one attached hydrogen (secondary N) is 1. The number of alkyl carbamates (subject to hydrolysis) is 1. The molecule has 9 nitrogen and oxygen atoms in total. The zero-order valence-corrected chi connectivity index (χ0v) is 24.2. The van der Waals surface area contributed by atoms with Crippen LogP contribution in [0.25, 0.3) is 33.5 Å². The van der Waals surface area contributed by atoms with Gasteiger partial charge in [0.25, 0.3) is 5.91 Å². The molecule has 1 aliphatic rings. The number of carbonyl (C=O) groups excluding carboxylic acids is 2. The van der Waals surface area contributed by atoms with Crippen LogP contribution in [0, 0.1) is 0 Å². The number of hydrogen-bond acceptors (Lipinski definition) is 5. The number of ether oxygens (including phenoxy) is 2. The highest BCUT2D eigenvalue weighted by Gasteiger charge is 2.34. The van der Waals surface area contributed by atoms with Crippen molar-refractivity contribution in [2.75, 3.05) is 19.7 Å². The quantitative estimate of drug-likeness (QED) is 0.352. The van der Waals surface area contributed by atoms with E-state index < -0.39 is 11.7 Å². The summed E-state index contributed by atoms with van der Waals surface area (Å²) in [5.74, 6) is 0.763. The molecule has 2 aromatic carbocycles. The third-order valence-corrected chi connectivity index (χ3v) is 7.40. The highest BCUT2D eigenvalue weighted by Crippen LogP contribution is 2.30. The number of piperidine rings is 1. The van der Waals surface area contributed by atoms with Crippen molar-refractivity contribution < 1.29 is 19.1 Å². The van der Waals surface area contributed by atoms with Crippen LogP contribution < -0.4 is 5.32 Å². The first-order chi connectivity index (χ1) is 19.1. The SMILES string of the molecule is CCO[C@H]1CCN(C(=O)c2ccc3c(c2)nc(-c2cc4ccccc4n2CC)n3C)C[C@H]1NC(=O)OC(C)(C)C. The van der Waals surface area contributed by atoms with Gasteiger partial charge in [0.15, 0.2) is 5.82 Å². The Morgan fingerprint density at radius 2 is 1.85 bits per heavy atom. The highest BCUT2D eigenvalue weighted by molar-refractivity contribution is 5.98. The molecule has 1 N–H and O–H groups in total. The minimum atomic E-state index is -0.613. The number of nitrogens with zero attached hydrogens (tertiary/aromatic N) is 4. The molecule has 212 valence electrons. The molecule has 0 aliphatic carbocycles. The van der Waals surface area contributed by atoms with Crippen LogP contribution in [0.15, 0.2) is 48.5 Å². The molecule has 0 spiro atoms. The smallest absolute Gasteiger partial charge is 0.408 e. The van der Waals surface area contributed by atoms with Crippen molar-refractivity contribution in [1.29, 1.82) is 0 Å². The predicted molar refractivity (Wildman–Crippen MR) is 156 cm³/mol. The third-order valence-electron chi connectivity index (χ3n) is 7.40. The molecule has 2 amide bonds. The molecule has 1 fully saturated rings. The van der Waals surface area contributed by atoms with E-state index in [0.717, 1.165) is 29.1 Å². The van der Waals surface area contributed by atoms with Gasteiger partial charge in [-0.1, -0.05) is 18.2 Å². The number of likely N-dealkylation sites (tertiary alicyclic amines) is 1. The second-order valence-corrected chi connectivity index (χ2v) is 11.3. The zero-order chi connectivity index (χ0) is 28.6. The van der Waals surface area contributed by atoms with Crippen LogP contribution in [-0.4, -0.2) is 68.5 Å². The number of benzene rings is 2. The van der Waals surface area contributed by atoms with Gasteiger partial charge < -0.3 is 28.8 Å². The molecule has 4 aromatic rings. The van der Waals surface area contributed by atoms with E-state index in [-0.39, 0.29) is 18.1 Å². The molecule has 1 aliphatic heterocycles. The fraction of sp³-hybridized carbons (Fsp3) is 0.452. The zero-order valence-electron chi connectivity index (χ0n) is 24.2. The van der Waals surface area contributed by atoms with E-state index in [1.165, 1.54) is 10.9 Å². The first-order valence-electron chi connectivity index (χ1n) is 14.0. The maximum Gasteiger partial charge on any atom is 0.408 e.